The van der Waals surface area contributed by atoms with Gasteiger partial charge in [0.1, 0.15) is 17.5 Å². The van der Waals surface area contributed by atoms with Gasteiger partial charge in [0.25, 0.3) is 0 Å². The van der Waals surface area contributed by atoms with Gasteiger partial charge in [0.2, 0.25) is 0 Å². The number of carbonyl (C=O) groups excluding carboxylic acids is 1. The van der Waals surface area contributed by atoms with Crippen molar-refractivity contribution in [1.29, 1.82) is 0 Å². The van der Waals surface area contributed by atoms with Crippen LogP contribution in [0.3, 0.4) is 0 Å². The summed E-state index contributed by atoms with van der Waals surface area (Å²) in [5, 5.41) is 11.2. The molecule has 0 unspecified atom stereocenters. The van der Waals surface area contributed by atoms with Crippen molar-refractivity contribution in [3.05, 3.63) is 52.0 Å². The monoisotopic (exact) mass is 327 g/mol. The van der Waals surface area contributed by atoms with Crippen LogP contribution in [-0.2, 0) is 18.3 Å². The van der Waals surface area contributed by atoms with Gasteiger partial charge in [0.05, 0.1) is 6.61 Å². The van der Waals surface area contributed by atoms with Gasteiger partial charge in [0.15, 0.2) is 5.76 Å². The lowest BCUT2D eigenvalue weighted by molar-refractivity contribution is -0.257. The average molecular weight is 327 g/mol. The van der Waals surface area contributed by atoms with E-state index in [9.17, 15) is 9.90 Å². The summed E-state index contributed by atoms with van der Waals surface area (Å²) in [7, 11) is 0. The molecule has 0 atom stereocenters. The van der Waals surface area contributed by atoms with Crippen molar-refractivity contribution in [2.45, 2.75) is 52.4 Å². The fourth-order valence-electron chi connectivity index (χ4n) is 3.31. The number of aromatic carboxylic acids is 1. The van der Waals surface area contributed by atoms with E-state index in [0.717, 1.165) is 29.9 Å². The van der Waals surface area contributed by atoms with Crippen LogP contribution in [0.5, 0.6) is 5.75 Å². The van der Waals surface area contributed by atoms with Gasteiger partial charge in [-0.3, -0.25) is 0 Å². The molecule has 0 radical (unpaired) electrons. The minimum Gasteiger partial charge on any atom is -0.542 e. The average Bonchev–Trinajstić information content (AvgIpc) is 2.92. The fraction of sp³-hybridized carbons (Fsp3) is 0.450. The number of hydrogen-bond acceptors (Lipinski definition) is 4. The first-order valence-electron chi connectivity index (χ1n) is 8.41. The summed E-state index contributed by atoms with van der Waals surface area (Å²) in [6.45, 7) is 9.15. The Hall–Kier alpha value is -2.23. The summed E-state index contributed by atoms with van der Waals surface area (Å²) in [6, 6.07) is 6.08. The number of carboxylic acid groups (broad SMARTS) is 1. The highest BCUT2D eigenvalue weighted by atomic mass is 16.5. The lowest BCUT2D eigenvalue weighted by Crippen LogP contribution is -2.27. The van der Waals surface area contributed by atoms with Crippen LogP contribution >= 0.6 is 0 Å². The topological polar surface area (TPSA) is 62.5 Å². The third-order valence-electron chi connectivity index (χ3n) is 4.94. The van der Waals surface area contributed by atoms with Crippen LogP contribution in [0.2, 0.25) is 0 Å². The highest BCUT2D eigenvalue weighted by Gasteiger charge is 2.29. The summed E-state index contributed by atoms with van der Waals surface area (Å²) in [6.07, 6.45) is 2.16. The molecule has 1 aliphatic rings. The van der Waals surface area contributed by atoms with Gasteiger partial charge < -0.3 is 19.1 Å². The van der Waals surface area contributed by atoms with Gasteiger partial charge in [-0.2, -0.15) is 0 Å². The van der Waals surface area contributed by atoms with Crippen molar-refractivity contribution >= 4 is 5.97 Å². The predicted molar refractivity (Wildman–Crippen MR) is 89.5 cm³/mol. The van der Waals surface area contributed by atoms with E-state index in [1.54, 1.807) is 0 Å². The fourth-order valence-corrected chi connectivity index (χ4v) is 3.31. The van der Waals surface area contributed by atoms with Crippen molar-refractivity contribution in [3.8, 4) is 5.75 Å². The third kappa shape index (κ3) is 2.93. The SMILES string of the molecule is CCc1cc(Cc2cc3c(cc2C)OCCC3(C)C)oc1C(=O)[O-]. The van der Waals surface area contributed by atoms with Gasteiger partial charge in [-0.25, -0.2) is 0 Å². The summed E-state index contributed by atoms with van der Waals surface area (Å²) in [5.74, 6) is 0.307. The number of rotatable bonds is 4. The second kappa shape index (κ2) is 6.00. The maximum absolute atomic E-state index is 11.2. The number of hydrogen-bond donors (Lipinski definition) is 0. The number of ether oxygens (including phenoxy) is 1. The summed E-state index contributed by atoms with van der Waals surface area (Å²) < 4.78 is 11.3. The Balaban J connectivity index is 1.98. The van der Waals surface area contributed by atoms with Crippen LogP contribution < -0.4 is 9.84 Å². The Morgan fingerprint density at radius 3 is 2.62 bits per heavy atom. The molecule has 1 aromatic heterocycles. The smallest absolute Gasteiger partial charge is 0.152 e. The van der Waals surface area contributed by atoms with Gasteiger partial charge in [-0.05, 0) is 54.0 Å². The number of carboxylic acids is 1. The molecule has 4 heteroatoms. The summed E-state index contributed by atoms with van der Waals surface area (Å²) >= 11 is 0. The molecule has 0 spiro atoms. The molecule has 0 amide bonds. The molecule has 128 valence electrons. The quantitative estimate of drug-likeness (QED) is 0.865. The standard InChI is InChI=1S/C20H24O4/c1-5-13-9-15(24-18(13)19(21)22)10-14-11-16-17(8-12(14)2)23-7-6-20(16,3)4/h8-9,11H,5-7,10H2,1-4H3,(H,21,22)/p-1. The molecule has 0 saturated carbocycles. The second-order valence-corrected chi connectivity index (χ2v) is 7.14. The molecule has 0 N–H and O–H groups in total. The zero-order valence-electron chi connectivity index (χ0n) is 14.7. The van der Waals surface area contributed by atoms with Crippen LogP contribution in [0.25, 0.3) is 0 Å². The molecule has 1 aromatic carbocycles. The van der Waals surface area contributed by atoms with Crippen molar-refractivity contribution in [1.82, 2.24) is 0 Å². The molecule has 4 nitrogen and oxygen atoms in total. The maximum atomic E-state index is 11.2. The van der Waals surface area contributed by atoms with E-state index in [1.807, 2.05) is 19.9 Å². The van der Waals surface area contributed by atoms with E-state index in [1.165, 1.54) is 5.56 Å². The minimum absolute atomic E-state index is 0.0493. The number of fused-ring (bicyclic) bond motifs is 1. The van der Waals surface area contributed by atoms with Gasteiger partial charge in [-0.15, -0.1) is 0 Å². The van der Waals surface area contributed by atoms with Crippen molar-refractivity contribution in [2.24, 2.45) is 0 Å². The van der Waals surface area contributed by atoms with E-state index < -0.39 is 5.97 Å². The minimum atomic E-state index is -1.25. The van der Waals surface area contributed by atoms with Crippen molar-refractivity contribution < 1.29 is 19.1 Å². The van der Waals surface area contributed by atoms with Gasteiger partial charge >= 0.3 is 0 Å². The molecule has 2 heterocycles. The lowest BCUT2D eigenvalue weighted by Gasteiger charge is -2.33. The second-order valence-electron chi connectivity index (χ2n) is 7.14. The van der Waals surface area contributed by atoms with Crippen molar-refractivity contribution in [3.63, 3.8) is 0 Å². The molecule has 3 rings (SSSR count). The Labute approximate surface area is 142 Å². The van der Waals surface area contributed by atoms with Gasteiger partial charge in [-0.1, -0.05) is 26.8 Å². The maximum Gasteiger partial charge on any atom is 0.152 e. The van der Waals surface area contributed by atoms with Crippen LogP contribution in [0.4, 0.5) is 0 Å². The molecule has 24 heavy (non-hydrogen) atoms. The van der Waals surface area contributed by atoms with Crippen LogP contribution in [-0.4, -0.2) is 12.6 Å². The molecule has 0 aliphatic carbocycles. The molecule has 2 aromatic rings. The Bertz CT molecular complexity index is 783. The van der Waals surface area contributed by atoms with Crippen LogP contribution in [0, 0.1) is 6.92 Å². The largest absolute Gasteiger partial charge is 0.542 e. The molecule has 0 saturated heterocycles. The number of aryl methyl sites for hydroxylation is 2. The third-order valence-corrected chi connectivity index (χ3v) is 4.94. The number of furan rings is 1. The first-order valence-corrected chi connectivity index (χ1v) is 8.41. The normalized spacial score (nSPS) is 15.7. The Morgan fingerprint density at radius 2 is 2.00 bits per heavy atom. The zero-order valence-corrected chi connectivity index (χ0v) is 14.7. The molecule has 0 bridgehead atoms. The highest BCUT2D eigenvalue weighted by molar-refractivity contribution is 5.84. The lowest BCUT2D eigenvalue weighted by atomic mass is 9.78. The zero-order chi connectivity index (χ0) is 17.5. The number of carbonyl (C=O) groups is 1. The van der Waals surface area contributed by atoms with Gasteiger partial charge in [0, 0.05) is 12.0 Å². The van der Waals surface area contributed by atoms with Crippen LogP contribution in [0.15, 0.2) is 22.6 Å². The first-order chi connectivity index (χ1) is 11.3. The van der Waals surface area contributed by atoms with Crippen molar-refractivity contribution in [2.75, 3.05) is 6.61 Å². The van der Waals surface area contributed by atoms with Crippen LogP contribution in [0.1, 0.15) is 65.8 Å². The first kappa shape index (κ1) is 16.6. The molecular weight excluding hydrogens is 304 g/mol. The molecule has 0 fully saturated rings. The van der Waals surface area contributed by atoms with E-state index in [4.69, 9.17) is 9.15 Å². The Morgan fingerprint density at radius 1 is 1.25 bits per heavy atom. The summed E-state index contributed by atoms with van der Waals surface area (Å²) in [5.41, 5.74) is 4.22. The van der Waals surface area contributed by atoms with E-state index in [-0.39, 0.29) is 11.2 Å². The summed E-state index contributed by atoms with van der Waals surface area (Å²) in [4.78, 5) is 11.2. The highest BCUT2D eigenvalue weighted by Crippen LogP contribution is 2.40. The number of benzene rings is 1. The van der Waals surface area contributed by atoms with E-state index in [0.29, 0.717) is 24.2 Å². The molecule has 1 aliphatic heterocycles. The Kier molecular flexibility index (Phi) is 4.16. The molecular formula is C20H23O4-. The predicted octanol–water partition coefficient (Wildman–Crippen LogP) is 3.16. The van der Waals surface area contributed by atoms with E-state index >= 15 is 0 Å². The van der Waals surface area contributed by atoms with E-state index in [2.05, 4.69) is 26.0 Å².